The molecule has 1 heterocycles. The largest absolute Gasteiger partial charge is 0.508 e. The van der Waals surface area contributed by atoms with Crippen LogP contribution in [0.15, 0.2) is 72.3 Å². The summed E-state index contributed by atoms with van der Waals surface area (Å²) in [5, 5.41) is 21.3. The smallest absolute Gasteiger partial charge is 0.338 e. The zero-order valence-electron chi connectivity index (χ0n) is 22.3. The number of aliphatic hydroxyl groups is 1. The molecule has 1 aliphatic heterocycles. The highest BCUT2D eigenvalue weighted by Crippen LogP contribution is 2.43. The molecule has 8 nitrogen and oxygen atoms in total. The van der Waals surface area contributed by atoms with Crippen molar-refractivity contribution in [2.75, 3.05) is 11.5 Å². The molecule has 0 saturated carbocycles. The van der Waals surface area contributed by atoms with Crippen molar-refractivity contribution in [3.05, 3.63) is 94.6 Å². The molecule has 4 rings (SSSR count). The van der Waals surface area contributed by atoms with Gasteiger partial charge in [-0.05, 0) is 86.8 Å². The van der Waals surface area contributed by atoms with Gasteiger partial charge in [0.05, 0.1) is 29.9 Å². The fourth-order valence-electron chi connectivity index (χ4n) is 4.47. The van der Waals surface area contributed by atoms with Gasteiger partial charge >= 0.3 is 5.97 Å². The van der Waals surface area contributed by atoms with Gasteiger partial charge in [-0.25, -0.2) is 4.79 Å². The number of benzene rings is 3. The van der Waals surface area contributed by atoms with Crippen LogP contribution in [0.3, 0.4) is 0 Å². The van der Waals surface area contributed by atoms with Gasteiger partial charge in [-0.15, -0.1) is 0 Å². The van der Waals surface area contributed by atoms with Gasteiger partial charge in [-0.1, -0.05) is 25.1 Å². The van der Waals surface area contributed by atoms with Crippen LogP contribution in [0.2, 0.25) is 0 Å². The fourth-order valence-corrected chi connectivity index (χ4v) is 4.47. The first-order chi connectivity index (χ1) is 18.6. The molecule has 1 fully saturated rings. The number of phenols is 1. The van der Waals surface area contributed by atoms with Crippen molar-refractivity contribution in [2.24, 2.45) is 0 Å². The molecule has 3 aromatic rings. The van der Waals surface area contributed by atoms with Crippen molar-refractivity contribution in [1.82, 2.24) is 0 Å². The molecule has 8 heteroatoms. The molecule has 3 aromatic carbocycles. The van der Waals surface area contributed by atoms with Gasteiger partial charge in [-0.3, -0.25) is 14.5 Å². The number of nitrogens with zero attached hydrogens (tertiary/aromatic N) is 1. The zero-order valence-corrected chi connectivity index (χ0v) is 22.3. The Morgan fingerprint density at radius 2 is 1.72 bits per heavy atom. The minimum absolute atomic E-state index is 0.00716. The maximum absolute atomic E-state index is 13.4. The Balaban J connectivity index is 1.85. The van der Waals surface area contributed by atoms with Crippen molar-refractivity contribution < 1.29 is 34.1 Å². The zero-order chi connectivity index (χ0) is 28.3. The third-order valence-electron chi connectivity index (χ3n) is 6.26. The molecule has 1 amide bonds. The van der Waals surface area contributed by atoms with E-state index in [1.807, 2.05) is 27.7 Å². The molecule has 0 aromatic heterocycles. The number of phenolic OH excluding ortho intramolecular Hbond substituents is 1. The van der Waals surface area contributed by atoms with E-state index in [2.05, 4.69) is 0 Å². The highest BCUT2D eigenvalue weighted by Gasteiger charge is 2.47. The predicted octanol–water partition coefficient (Wildman–Crippen LogP) is 5.68. The lowest BCUT2D eigenvalue weighted by Gasteiger charge is -2.26. The minimum atomic E-state index is -1.01. The number of Topliss-reactive ketones (excluding diaryl/α,β-unsaturated/α-hetero) is 1. The summed E-state index contributed by atoms with van der Waals surface area (Å²) in [7, 11) is 0. The lowest BCUT2D eigenvalue weighted by Crippen LogP contribution is -2.29. The minimum Gasteiger partial charge on any atom is -0.508 e. The Hall–Kier alpha value is -4.59. The van der Waals surface area contributed by atoms with Gasteiger partial charge in [0.1, 0.15) is 17.3 Å². The summed E-state index contributed by atoms with van der Waals surface area (Å²) < 4.78 is 11.0. The molecule has 0 radical (unpaired) electrons. The number of ether oxygens (including phenoxy) is 2. The van der Waals surface area contributed by atoms with Gasteiger partial charge in [0.25, 0.3) is 11.7 Å². The van der Waals surface area contributed by atoms with E-state index in [4.69, 9.17) is 9.47 Å². The third kappa shape index (κ3) is 5.65. The first kappa shape index (κ1) is 27.4. The molecule has 0 bridgehead atoms. The summed E-state index contributed by atoms with van der Waals surface area (Å²) in [5.74, 6) is -1.96. The summed E-state index contributed by atoms with van der Waals surface area (Å²) in [5.41, 5.74) is 2.00. The van der Waals surface area contributed by atoms with Gasteiger partial charge in [-0.2, -0.15) is 0 Å². The Bertz CT molecular complexity index is 1440. The van der Waals surface area contributed by atoms with Crippen LogP contribution >= 0.6 is 0 Å². The molecular formula is C31H31NO7. The molecule has 0 aliphatic carbocycles. The summed E-state index contributed by atoms with van der Waals surface area (Å²) in [6.07, 6.45) is 0.614. The number of carbonyl (C=O) groups excluding carboxylic acids is 3. The van der Waals surface area contributed by atoms with Crippen LogP contribution in [-0.2, 0) is 14.3 Å². The van der Waals surface area contributed by atoms with E-state index >= 15 is 0 Å². The number of ketones is 1. The first-order valence-corrected chi connectivity index (χ1v) is 12.8. The van der Waals surface area contributed by atoms with Gasteiger partial charge < -0.3 is 19.7 Å². The topological polar surface area (TPSA) is 113 Å². The van der Waals surface area contributed by atoms with Crippen LogP contribution in [0.25, 0.3) is 5.76 Å². The Morgan fingerprint density at radius 1 is 1.00 bits per heavy atom. The Kier molecular flexibility index (Phi) is 8.04. The lowest BCUT2D eigenvalue weighted by atomic mass is 9.94. The first-order valence-electron chi connectivity index (χ1n) is 12.8. The van der Waals surface area contributed by atoms with Crippen molar-refractivity contribution in [3.8, 4) is 11.5 Å². The van der Waals surface area contributed by atoms with Crippen molar-refractivity contribution in [1.29, 1.82) is 0 Å². The van der Waals surface area contributed by atoms with Gasteiger partial charge in [0, 0.05) is 11.3 Å². The number of hydrogen-bond donors (Lipinski definition) is 2. The number of aromatic hydroxyl groups is 1. The summed E-state index contributed by atoms with van der Waals surface area (Å²) in [6, 6.07) is 16.3. The van der Waals surface area contributed by atoms with E-state index in [-0.39, 0.29) is 41.0 Å². The van der Waals surface area contributed by atoms with Gasteiger partial charge in [0.15, 0.2) is 0 Å². The number of anilines is 1. The summed E-state index contributed by atoms with van der Waals surface area (Å²) >= 11 is 0. The van der Waals surface area contributed by atoms with Crippen LogP contribution in [0.4, 0.5) is 5.69 Å². The van der Waals surface area contributed by atoms with Crippen molar-refractivity contribution >= 4 is 29.1 Å². The van der Waals surface area contributed by atoms with E-state index in [0.717, 1.165) is 5.56 Å². The standard InChI is InChI=1S/C31H31NO7/c1-5-15-38-31(37)22-7-6-8-23(17-22)32-27(20-9-12-24(33)13-10-20)26(29(35)30(32)36)28(34)21-11-14-25(19(4)16-21)39-18(2)3/h6-14,16-18,27,33-34H,5,15H2,1-4H3/b28-26+. The second-order valence-electron chi connectivity index (χ2n) is 9.59. The SMILES string of the molecule is CCCOC(=O)c1cccc(N2C(=O)C(=O)/C(=C(/O)c3ccc(OC(C)C)c(C)c3)C2c2ccc(O)cc2)c1. The number of esters is 1. The maximum atomic E-state index is 13.4. The Morgan fingerprint density at radius 3 is 2.36 bits per heavy atom. The third-order valence-corrected chi connectivity index (χ3v) is 6.26. The van der Waals surface area contributed by atoms with Gasteiger partial charge in [0.2, 0.25) is 0 Å². The van der Waals surface area contributed by atoms with E-state index in [0.29, 0.717) is 23.3 Å². The van der Waals surface area contributed by atoms with Crippen LogP contribution in [0.1, 0.15) is 60.3 Å². The van der Waals surface area contributed by atoms with E-state index in [1.54, 1.807) is 48.5 Å². The van der Waals surface area contributed by atoms with Crippen LogP contribution in [0, 0.1) is 6.92 Å². The van der Waals surface area contributed by atoms with Crippen LogP contribution in [-0.4, -0.2) is 40.6 Å². The summed E-state index contributed by atoms with van der Waals surface area (Å²) in [6.45, 7) is 7.78. The van der Waals surface area contributed by atoms with Crippen LogP contribution in [0.5, 0.6) is 11.5 Å². The predicted molar refractivity (Wildman–Crippen MR) is 147 cm³/mol. The molecule has 1 saturated heterocycles. The average Bonchev–Trinajstić information content (AvgIpc) is 3.18. The molecule has 1 unspecified atom stereocenters. The number of rotatable bonds is 8. The normalized spacial score (nSPS) is 16.5. The monoisotopic (exact) mass is 529 g/mol. The van der Waals surface area contributed by atoms with E-state index in [1.165, 1.54) is 23.1 Å². The highest BCUT2D eigenvalue weighted by molar-refractivity contribution is 6.51. The number of aliphatic hydroxyl groups excluding tert-OH is 1. The molecule has 0 spiro atoms. The molecular weight excluding hydrogens is 498 g/mol. The van der Waals surface area contributed by atoms with E-state index < -0.39 is 23.7 Å². The van der Waals surface area contributed by atoms with Crippen molar-refractivity contribution in [3.63, 3.8) is 0 Å². The summed E-state index contributed by atoms with van der Waals surface area (Å²) in [4.78, 5) is 40.6. The lowest BCUT2D eigenvalue weighted by molar-refractivity contribution is -0.132. The fraction of sp³-hybridized carbons (Fsp3) is 0.258. The molecule has 1 aliphatic rings. The number of aryl methyl sites for hydroxylation is 1. The molecule has 202 valence electrons. The Labute approximate surface area is 227 Å². The van der Waals surface area contributed by atoms with E-state index in [9.17, 15) is 24.6 Å². The highest BCUT2D eigenvalue weighted by atomic mass is 16.5. The molecule has 1 atom stereocenters. The second kappa shape index (κ2) is 11.4. The second-order valence-corrected chi connectivity index (χ2v) is 9.59. The number of amides is 1. The molecule has 2 N–H and O–H groups in total. The van der Waals surface area contributed by atoms with Crippen molar-refractivity contribution in [2.45, 2.75) is 46.3 Å². The average molecular weight is 530 g/mol. The molecule has 39 heavy (non-hydrogen) atoms. The number of carbonyl (C=O) groups is 3. The quantitative estimate of drug-likeness (QED) is 0.167. The maximum Gasteiger partial charge on any atom is 0.338 e. The van der Waals surface area contributed by atoms with Crippen LogP contribution < -0.4 is 9.64 Å². The number of hydrogen-bond acceptors (Lipinski definition) is 7.